The summed E-state index contributed by atoms with van der Waals surface area (Å²) in [6, 6.07) is 32.1. The van der Waals surface area contributed by atoms with Gasteiger partial charge in [-0.1, -0.05) is 53.9 Å². The van der Waals surface area contributed by atoms with Gasteiger partial charge in [0.05, 0.1) is 5.65 Å². The van der Waals surface area contributed by atoms with Gasteiger partial charge in [0.15, 0.2) is 0 Å². The monoisotopic (exact) mass is 618 g/mol. The standard InChI is InChI=1S/C19H11N2.C10H10N2.Ir/c1-2-7-14-13(6-1)12-21-18(14)16-9-4-3-8-15(16)17-10-5-11-20-19(17)21;1-11-7-8-12(9-11)10-5-3-2-4-6-10;/h1-11H;2-5,7-9H,1H3;/q-1;-2;+3. The van der Waals surface area contributed by atoms with Crippen LogP contribution >= 0.6 is 0 Å². The molecule has 5 heteroatoms. The Kier molecular flexibility index (Phi) is 6.06. The van der Waals surface area contributed by atoms with Crippen molar-refractivity contribution in [3.05, 3.63) is 122 Å². The number of hydrogen-bond acceptors (Lipinski definition) is 3. The zero-order chi connectivity index (χ0) is 22.2. The van der Waals surface area contributed by atoms with Crippen molar-refractivity contribution in [1.82, 2.24) is 14.3 Å². The third-order valence-electron chi connectivity index (χ3n) is 5.85. The average Bonchev–Trinajstić information content (AvgIpc) is 3.49. The van der Waals surface area contributed by atoms with Gasteiger partial charge >= 0.3 is 20.1 Å². The fourth-order valence-electron chi connectivity index (χ4n) is 4.36. The molecule has 0 spiro atoms. The molecule has 4 heterocycles. The summed E-state index contributed by atoms with van der Waals surface area (Å²) in [4.78, 5) is 8.62. The molecule has 0 saturated heterocycles. The van der Waals surface area contributed by atoms with Crippen LogP contribution in [-0.2, 0) is 20.1 Å². The Morgan fingerprint density at radius 1 is 0.765 bits per heavy atom. The quantitative estimate of drug-likeness (QED) is 0.157. The molecule has 3 aromatic carbocycles. The van der Waals surface area contributed by atoms with Crippen LogP contribution in [0, 0.1) is 18.9 Å². The van der Waals surface area contributed by atoms with E-state index in [4.69, 9.17) is 0 Å². The van der Waals surface area contributed by atoms with Crippen molar-refractivity contribution < 1.29 is 20.1 Å². The SMILES string of the molecule is CN1C=CN(c2[c-]cccc2)[CH-]1.[Ir+3].[c-]1c2ccccc2c2c3ccccc3c3cccnc3n12. The van der Waals surface area contributed by atoms with Crippen LogP contribution in [0.4, 0.5) is 5.69 Å². The molecule has 1 aliphatic heterocycles. The largest absolute Gasteiger partial charge is 3.00 e. The molecule has 0 amide bonds. The second-order valence-electron chi connectivity index (χ2n) is 8.00. The van der Waals surface area contributed by atoms with Gasteiger partial charge in [0, 0.05) is 6.20 Å². The molecule has 4 nitrogen and oxygen atoms in total. The van der Waals surface area contributed by atoms with Gasteiger partial charge < -0.3 is 14.2 Å². The van der Waals surface area contributed by atoms with Gasteiger partial charge in [-0.05, 0) is 53.4 Å². The third kappa shape index (κ3) is 3.83. The molecule has 0 N–H and O–H groups in total. The molecular formula is C29H21IrN4. The van der Waals surface area contributed by atoms with Crippen LogP contribution in [0.3, 0.4) is 0 Å². The maximum absolute atomic E-state index is 4.59. The molecule has 0 saturated carbocycles. The summed E-state index contributed by atoms with van der Waals surface area (Å²) >= 11 is 0. The van der Waals surface area contributed by atoms with Gasteiger partial charge in [-0.15, -0.1) is 17.1 Å². The first kappa shape index (κ1) is 22.1. The van der Waals surface area contributed by atoms with E-state index in [1.807, 2.05) is 72.4 Å². The molecule has 3 aromatic heterocycles. The second-order valence-corrected chi connectivity index (χ2v) is 8.00. The Labute approximate surface area is 212 Å². The van der Waals surface area contributed by atoms with Crippen molar-refractivity contribution >= 4 is 43.8 Å². The van der Waals surface area contributed by atoms with Crippen molar-refractivity contribution in [3.63, 3.8) is 0 Å². The molecule has 0 radical (unpaired) electrons. The number of aromatic nitrogens is 2. The Morgan fingerprint density at radius 2 is 1.50 bits per heavy atom. The number of nitrogens with zero attached hydrogens (tertiary/aromatic N) is 4. The van der Waals surface area contributed by atoms with Gasteiger partial charge in [-0.3, -0.25) is 4.98 Å². The maximum Gasteiger partial charge on any atom is 3.00 e. The number of pyridine rings is 2. The van der Waals surface area contributed by atoms with Gasteiger partial charge in [-0.25, -0.2) is 0 Å². The number of para-hydroxylation sites is 1. The third-order valence-corrected chi connectivity index (χ3v) is 5.85. The Bertz CT molecular complexity index is 1620. The predicted molar refractivity (Wildman–Crippen MR) is 136 cm³/mol. The van der Waals surface area contributed by atoms with E-state index in [-0.39, 0.29) is 20.1 Å². The molecule has 0 aliphatic carbocycles. The van der Waals surface area contributed by atoms with Crippen LogP contribution in [0.25, 0.3) is 38.1 Å². The maximum atomic E-state index is 4.59. The molecule has 34 heavy (non-hydrogen) atoms. The van der Waals surface area contributed by atoms with Crippen LogP contribution in [0.5, 0.6) is 0 Å². The average molecular weight is 618 g/mol. The molecule has 0 fully saturated rings. The minimum atomic E-state index is 0. The second kappa shape index (κ2) is 9.30. The van der Waals surface area contributed by atoms with Crippen LogP contribution in [-0.4, -0.2) is 21.3 Å². The summed E-state index contributed by atoms with van der Waals surface area (Å²) in [5.41, 5.74) is 3.22. The van der Waals surface area contributed by atoms with E-state index in [2.05, 4.69) is 76.2 Å². The first-order valence-electron chi connectivity index (χ1n) is 10.9. The minimum absolute atomic E-state index is 0. The Hall–Kier alpha value is -3.66. The molecule has 0 atom stereocenters. The zero-order valence-corrected chi connectivity index (χ0v) is 20.9. The van der Waals surface area contributed by atoms with E-state index in [0.29, 0.717) is 0 Å². The number of anilines is 1. The van der Waals surface area contributed by atoms with E-state index >= 15 is 0 Å². The van der Waals surface area contributed by atoms with Gasteiger partial charge in [0.25, 0.3) is 0 Å². The summed E-state index contributed by atoms with van der Waals surface area (Å²) in [5, 5.41) is 6.00. The summed E-state index contributed by atoms with van der Waals surface area (Å²) in [6.45, 7) is 2.01. The number of hydrogen-bond donors (Lipinski definition) is 0. The van der Waals surface area contributed by atoms with E-state index in [9.17, 15) is 0 Å². The molecule has 0 bridgehead atoms. The van der Waals surface area contributed by atoms with Crippen LogP contribution in [0.2, 0.25) is 0 Å². The molecule has 0 unspecified atom stereocenters. The summed E-state index contributed by atoms with van der Waals surface area (Å²) in [5.74, 6) is 0. The van der Waals surface area contributed by atoms with E-state index in [1.54, 1.807) is 0 Å². The number of benzene rings is 3. The smallest absolute Gasteiger partial charge is 0.510 e. The number of fused-ring (bicyclic) bond motifs is 8. The normalized spacial score (nSPS) is 12.9. The predicted octanol–water partition coefficient (Wildman–Crippen LogP) is 6.42. The molecular weight excluding hydrogens is 597 g/mol. The Morgan fingerprint density at radius 3 is 2.26 bits per heavy atom. The summed E-state index contributed by atoms with van der Waals surface area (Å²) in [6.07, 6.45) is 9.32. The molecule has 7 rings (SSSR count). The van der Waals surface area contributed by atoms with E-state index < -0.39 is 0 Å². The zero-order valence-electron chi connectivity index (χ0n) is 18.5. The Balaban J connectivity index is 0.000000159. The summed E-state index contributed by atoms with van der Waals surface area (Å²) in [7, 11) is 2.00. The molecule has 166 valence electrons. The van der Waals surface area contributed by atoms with Crippen LogP contribution in [0.15, 0.2) is 104 Å². The number of rotatable bonds is 1. The van der Waals surface area contributed by atoms with Crippen molar-refractivity contribution in [2.45, 2.75) is 0 Å². The fourth-order valence-corrected chi connectivity index (χ4v) is 4.36. The van der Waals surface area contributed by atoms with Crippen LogP contribution < -0.4 is 4.90 Å². The van der Waals surface area contributed by atoms with Gasteiger partial charge in [0.1, 0.15) is 0 Å². The van der Waals surface area contributed by atoms with Crippen molar-refractivity contribution in [2.75, 3.05) is 11.9 Å². The van der Waals surface area contributed by atoms with Gasteiger partial charge in [0.2, 0.25) is 0 Å². The first-order chi connectivity index (χ1) is 16.3. The first-order valence-corrected chi connectivity index (χ1v) is 10.9. The van der Waals surface area contributed by atoms with E-state index in [0.717, 1.165) is 22.1 Å². The van der Waals surface area contributed by atoms with Crippen molar-refractivity contribution in [2.24, 2.45) is 0 Å². The minimum Gasteiger partial charge on any atom is -0.510 e. The van der Waals surface area contributed by atoms with Gasteiger partial charge in [-0.2, -0.15) is 37.0 Å². The van der Waals surface area contributed by atoms with Crippen molar-refractivity contribution in [1.29, 1.82) is 0 Å². The molecule has 1 aliphatic rings. The fraction of sp³-hybridized carbons (Fsp3) is 0.0345. The molecule has 6 aromatic rings. The van der Waals surface area contributed by atoms with Crippen LogP contribution in [0.1, 0.15) is 0 Å². The summed E-state index contributed by atoms with van der Waals surface area (Å²) < 4.78 is 2.10. The van der Waals surface area contributed by atoms with Crippen molar-refractivity contribution in [3.8, 4) is 0 Å². The topological polar surface area (TPSA) is 23.8 Å². The van der Waals surface area contributed by atoms with E-state index in [1.165, 1.54) is 21.7 Å².